The second-order valence-electron chi connectivity index (χ2n) is 5.40. The lowest BCUT2D eigenvalue weighted by molar-refractivity contribution is 0.0696. The Bertz CT molecular complexity index is 661. The number of nitrogens with zero attached hydrogens (tertiary/aromatic N) is 1. The van der Waals surface area contributed by atoms with Gasteiger partial charge in [-0.1, -0.05) is 11.6 Å². The highest BCUT2D eigenvalue weighted by atomic mass is 35.5. The number of β-amino-alcohol motifs (C(OH)–C–C–N with tert-alkyl or cyclic N) is 1. The van der Waals surface area contributed by atoms with E-state index >= 15 is 0 Å². The normalized spacial score (nSPS) is 19.8. The van der Waals surface area contributed by atoms with Crippen molar-refractivity contribution in [2.45, 2.75) is 30.3 Å². The molecule has 1 fully saturated rings. The largest absolute Gasteiger partial charge is 0.477 e. The summed E-state index contributed by atoms with van der Waals surface area (Å²) in [5.41, 5.74) is 0. The Morgan fingerprint density at radius 1 is 1.52 bits per heavy atom. The summed E-state index contributed by atoms with van der Waals surface area (Å²) in [5.74, 6) is -1.32. The molecule has 0 bridgehead atoms. The van der Waals surface area contributed by atoms with Crippen molar-refractivity contribution in [1.82, 2.24) is 9.62 Å². The number of aromatic carboxylic acids is 1. The number of piperidine rings is 1. The van der Waals surface area contributed by atoms with Gasteiger partial charge in [0.15, 0.2) is 0 Å². The standard InChI is InChI=1S/C13H19ClN2O5S2/c14-11-7-10(12(22-11)13(18)19)23(20,21)15-4-2-6-16-5-1-3-9(17)8-16/h7,9,15,17H,1-6,8H2,(H,18,19)/t9-/m0/s1. The van der Waals surface area contributed by atoms with Gasteiger partial charge in [-0.2, -0.15) is 0 Å². The zero-order valence-electron chi connectivity index (χ0n) is 12.4. The second-order valence-corrected chi connectivity index (χ2v) is 8.82. The van der Waals surface area contributed by atoms with E-state index in [2.05, 4.69) is 9.62 Å². The average molecular weight is 383 g/mol. The highest BCUT2D eigenvalue weighted by Gasteiger charge is 2.25. The van der Waals surface area contributed by atoms with Gasteiger partial charge in [0.2, 0.25) is 10.0 Å². The van der Waals surface area contributed by atoms with Gasteiger partial charge >= 0.3 is 5.97 Å². The third kappa shape index (κ3) is 5.13. The molecular weight excluding hydrogens is 364 g/mol. The summed E-state index contributed by atoms with van der Waals surface area (Å²) in [4.78, 5) is 12.6. The molecule has 2 heterocycles. The fourth-order valence-corrected chi connectivity index (χ4v) is 5.24. The van der Waals surface area contributed by atoms with E-state index in [9.17, 15) is 18.3 Å². The molecule has 0 saturated carbocycles. The van der Waals surface area contributed by atoms with Crippen LogP contribution >= 0.6 is 22.9 Å². The van der Waals surface area contributed by atoms with Crippen LogP contribution in [-0.2, 0) is 10.0 Å². The molecule has 1 aliphatic rings. The number of carbonyl (C=O) groups is 1. The van der Waals surface area contributed by atoms with E-state index in [0.717, 1.165) is 36.8 Å². The van der Waals surface area contributed by atoms with E-state index in [1.807, 2.05) is 0 Å². The highest BCUT2D eigenvalue weighted by Crippen LogP contribution is 2.30. The fraction of sp³-hybridized carbons (Fsp3) is 0.615. The Balaban J connectivity index is 1.88. The van der Waals surface area contributed by atoms with Crippen LogP contribution < -0.4 is 4.72 Å². The van der Waals surface area contributed by atoms with Crippen molar-refractivity contribution in [3.05, 3.63) is 15.3 Å². The number of carboxylic acid groups (broad SMARTS) is 1. The maximum Gasteiger partial charge on any atom is 0.347 e. The average Bonchev–Trinajstić information content (AvgIpc) is 2.87. The van der Waals surface area contributed by atoms with Gasteiger partial charge in [-0.25, -0.2) is 17.9 Å². The van der Waals surface area contributed by atoms with Crippen molar-refractivity contribution in [2.75, 3.05) is 26.2 Å². The maximum absolute atomic E-state index is 12.2. The molecule has 7 nitrogen and oxygen atoms in total. The van der Waals surface area contributed by atoms with Gasteiger partial charge in [0, 0.05) is 13.1 Å². The molecule has 3 N–H and O–H groups in total. The number of nitrogens with one attached hydrogen (secondary N) is 1. The Labute approximate surface area is 143 Å². The third-order valence-corrected chi connectivity index (χ3v) is 6.44. The molecule has 0 radical (unpaired) electrons. The summed E-state index contributed by atoms with van der Waals surface area (Å²) in [6, 6.07) is 1.15. The smallest absolute Gasteiger partial charge is 0.347 e. The molecule has 23 heavy (non-hydrogen) atoms. The van der Waals surface area contributed by atoms with Crippen molar-refractivity contribution >= 4 is 38.9 Å². The zero-order valence-corrected chi connectivity index (χ0v) is 14.8. The lowest BCUT2D eigenvalue weighted by Crippen LogP contribution is -2.39. The van der Waals surface area contributed by atoms with Crippen LogP contribution in [0.2, 0.25) is 4.34 Å². The minimum absolute atomic E-state index is 0.116. The molecule has 0 unspecified atom stereocenters. The quantitative estimate of drug-likeness (QED) is 0.612. The number of hydrogen-bond acceptors (Lipinski definition) is 6. The predicted molar refractivity (Wildman–Crippen MR) is 87.8 cm³/mol. The van der Waals surface area contributed by atoms with Crippen molar-refractivity contribution in [3.8, 4) is 0 Å². The van der Waals surface area contributed by atoms with Crippen molar-refractivity contribution in [3.63, 3.8) is 0 Å². The van der Waals surface area contributed by atoms with E-state index in [0.29, 0.717) is 19.5 Å². The number of halogens is 1. The number of hydrogen-bond donors (Lipinski definition) is 3. The van der Waals surface area contributed by atoms with Gasteiger partial charge in [0.25, 0.3) is 0 Å². The summed E-state index contributed by atoms with van der Waals surface area (Å²) < 4.78 is 26.9. The molecule has 0 spiro atoms. The first kappa shape index (κ1) is 18.6. The maximum atomic E-state index is 12.2. The predicted octanol–water partition coefficient (Wildman–Crippen LogP) is 1.22. The van der Waals surface area contributed by atoms with Crippen molar-refractivity contribution < 1.29 is 23.4 Å². The van der Waals surface area contributed by atoms with E-state index in [-0.39, 0.29) is 26.8 Å². The molecule has 0 aromatic carbocycles. The molecule has 1 aliphatic heterocycles. The number of carboxylic acids is 1. The molecule has 1 saturated heterocycles. The number of aliphatic hydroxyl groups is 1. The number of aliphatic hydroxyl groups excluding tert-OH is 1. The molecule has 0 aliphatic carbocycles. The van der Waals surface area contributed by atoms with Crippen LogP contribution in [0.25, 0.3) is 0 Å². The molecule has 1 atom stereocenters. The first-order valence-electron chi connectivity index (χ1n) is 7.22. The van der Waals surface area contributed by atoms with E-state index in [1.165, 1.54) is 0 Å². The van der Waals surface area contributed by atoms with Crippen LogP contribution in [0.15, 0.2) is 11.0 Å². The Hall–Kier alpha value is -0.710. The molecule has 10 heteroatoms. The molecular formula is C13H19ClN2O5S2. The fourth-order valence-electron chi connectivity index (χ4n) is 2.52. The summed E-state index contributed by atoms with van der Waals surface area (Å²) in [5, 5.41) is 18.6. The Morgan fingerprint density at radius 2 is 2.26 bits per heavy atom. The second kappa shape index (κ2) is 7.91. The van der Waals surface area contributed by atoms with Crippen LogP contribution in [0.4, 0.5) is 0 Å². The number of likely N-dealkylation sites (tertiary alicyclic amines) is 1. The van der Waals surface area contributed by atoms with Crippen molar-refractivity contribution in [1.29, 1.82) is 0 Å². The van der Waals surface area contributed by atoms with Crippen molar-refractivity contribution in [2.24, 2.45) is 0 Å². The summed E-state index contributed by atoms with van der Waals surface area (Å²) in [6.45, 7) is 2.38. The van der Waals surface area contributed by atoms with E-state index in [4.69, 9.17) is 16.7 Å². The third-order valence-electron chi connectivity index (χ3n) is 3.58. The number of sulfonamides is 1. The van der Waals surface area contributed by atoms with Crippen LogP contribution in [0.1, 0.15) is 28.9 Å². The molecule has 1 aromatic rings. The van der Waals surface area contributed by atoms with Gasteiger partial charge in [-0.15, -0.1) is 11.3 Å². The van der Waals surface area contributed by atoms with E-state index in [1.54, 1.807) is 0 Å². The van der Waals surface area contributed by atoms with Gasteiger partial charge in [0.05, 0.1) is 10.4 Å². The lowest BCUT2D eigenvalue weighted by Gasteiger charge is -2.29. The van der Waals surface area contributed by atoms with Gasteiger partial charge in [-0.05, 0) is 38.4 Å². The van der Waals surface area contributed by atoms with Gasteiger partial charge in [-0.3, -0.25) is 0 Å². The number of rotatable bonds is 7. The Kier molecular flexibility index (Phi) is 6.40. The van der Waals surface area contributed by atoms with Crippen LogP contribution in [0.3, 0.4) is 0 Å². The molecule has 2 rings (SSSR count). The minimum Gasteiger partial charge on any atom is -0.477 e. The summed E-state index contributed by atoms with van der Waals surface area (Å²) in [7, 11) is -3.90. The Morgan fingerprint density at radius 3 is 2.91 bits per heavy atom. The molecule has 0 amide bonds. The highest BCUT2D eigenvalue weighted by molar-refractivity contribution is 7.89. The lowest BCUT2D eigenvalue weighted by atomic mass is 10.1. The van der Waals surface area contributed by atoms with Gasteiger partial charge < -0.3 is 15.1 Å². The molecule has 1 aromatic heterocycles. The zero-order chi connectivity index (χ0) is 17.0. The minimum atomic E-state index is -3.90. The van der Waals surface area contributed by atoms with Crippen LogP contribution in [0, 0.1) is 0 Å². The molecule has 130 valence electrons. The SMILES string of the molecule is O=C(O)c1sc(Cl)cc1S(=O)(=O)NCCCN1CCC[C@H](O)C1. The van der Waals surface area contributed by atoms with Crippen LogP contribution in [0.5, 0.6) is 0 Å². The van der Waals surface area contributed by atoms with Gasteiger partial charge in [0.1, 0.15) is 9.77 Å². The first-order valence-corrected chi connectivity index (χ1v) is 9.90. The monoisotopic (exact) mass is 382 g/mol. The number of thiophene rings is 1. The first-order chi connectivity index (χ1) is 10.8. The van der Waals surface area contributed by atoms with Crippen LogP contribution in [-0.4, -0.2) is 61.8 Å². The summed E-state index contributed by atoms with van der Waals surface area (Å²) in [6.07, 6.45) is 2.00. The summed E-state index contributed by atoms with van der Waals surface area (Å²) >= 11 is 6.45. The topological polar surface area (TPSA) is 107 Å². The van der Waals surface area contributed by atoms with E-state index < -0.39 is 16.0 Å².